The van der Waals surface area contributed by atoms with E-state index in [9.17, 15) is 9.59 Å². The fourth-order valence-corrected chi connectivity index (χ4v) is 1.93. The topological polar surface area (TPSA) is 91.5 Å². The van der Waals surface area contributed by atoms with Gasteiger partial charge in [-0.25, -0.2) is 10.3 Å². The standard InChI is InChI=1S/C13H18N4O3/c1-8(7-20-14-2)15-13(19)16-10-4-3-9-5-12(18)17-11(9)6-10/h3-4,6,8,14H,5,7H2,1-2H3,(H,17,18)(H2,15,16,19). The zero-order valence-electron chi connectivity index (χ0n) is 11.4. The lowest BCUT2D eigenvalue weighted by Gasteiger charge is -2.14. The summed E-state index contributed by atoms with van der Waals surface area (Å²) in [5, 5.41) is 8.19. The Kier molecular flexibility index (Phi) is 4.54. The molecule has 20 heavy (non-hydrogen) atoms. The molecule has 1 aromatic carbocycles. The first-order valence-corrected chi connectivity index (χ1v) is 6.37. The summed E-state index contributed by atoms with van der Waals surface area (Å²) in [5.41, 5.74) is 4.86. The van der Waals surface area contributed by atoms with Crippen molar-refractivity contribution in [2.75, 3.05) is 24.3 Å². The van der Waals surface area contributed by atoms with Crippen LogP contribution in [0.15, 0.2) is 18.2 Å². The Labute approximate surface area is 117 Å². The Morgan fingerprint density at radius 2 is 2.30 bits per heavy atom. The smallest absolute Gasteiger partial charge is 0.319 e. The molecule has 1 unspecified atom stereocenters. The lowest BCUT2D eigenvalue weighted by Crippen LogP contribution is -2.39. The van der Waals surface area contributed by atoms with E-state index in [-0.39, 0.29) is 18.0 Å². The van der Waals surface area contributed by atoms with Gasteiger partial charge in [0.15, 0.2) is 0 Å². The molecule has 0 fully saturated rings. The van der Waals surface area contributed by atoms with Crippen molar-refractivity contribution in [3.63, 3.8) is 0 Å². The molecule has 7 nitrogen and oxygen atoms in total. The van der Waals surface area contributed by atoms with E-state index in [0.717, 1.165) is 11.3 Å². The van der Waals surface area contributed by atoms with Crippen molar-refractivity contribution in [3.05, 3.63) is 23.8 Å². The maximum atomic E-state index is 11.8. The minimum Gasteiger partial charge on any atom is -0.333 e. The van der Waals surface area contributed by atoms with Crippen LogP contribution in [0.1, 0.15) is 12.5 Å². The third-order valence-corrected chi connectivity index (χ3v) is 2.85. The molecular weight excluding hydrogens is 260 g/mol. The van der Waals surface area contributed by atoms with E-state index >= 15 is 0 Å². The van der Waals surface area contributed by atoms with Crippen LogP contribution >= 0.6 is 0 Å². The number of hydrogen-bond donors (Lipinski definition) is 4. The zero-order chi connectivity index (χ0) is 14.5. The van der Waals surface area contributed by atoms with Crippen LogP contribution < -0.4 is 21.4 Å². The number of anilines is 2. The van der Waals surface area contributed by atoms with E-state index in [4.69, 9.17) is 4.84 Å². The Hall–Kier alpha value is -2.12. The second-order valence-electron chi connectivity index (χ2n) is 4.61. The maximum Gasteiger partial charge on any atom is 0.319 e. The maximum absolute atomic E-state index is 11.8. The van der Waals surface area contributed by atoms with Gasteiger partial charge in [0.25, 0.3) is 0 Å². The Balaban J connectivity index is 1.89. The van der Waals surface area contributed by atoms with E-state index in [1.807, 2.05) is 13.0 Å². The number of hydroxylamine groups is 1. The van der Waals surface area contributed by atoms with Gasteiger partial charge in [-0.1, -0.05) is 6.07 Å². The van der Waals surface area contributed by atoms with Crippen LogP contribution in [0.3, 0.4) is 0 Å². The van der Waals surface area contributed by atoms with E-state index < -0.39 is 0 Å². The molecular formula is C13H18N4O3. The number of rotatable bonds is 5. The van der Waals surface area contributed by atoms with Crippen LogP contribution in [0.25, 0.3) is 0 Å². The summed E-state index contributed by atoms with van der Waals surface area (Å²) < 4.78 is 0. The fourth-order valence-electron chi connectivity index (χ4n) is 1.93. The molecule has 3 amide bonds. The lowest BCUT2D eigenvalue weighted by atomic mass is 10.1. The van der Waals surface area contributed by atoms with Gasteiger partial charge in [-0.2, -0.15) is 0 Å². The molecule has 1 aromatic rings. The lowest BCUT2D eigenvalue weighted by molar-refractivity contribution is -0.115. The monoisotopic (exact) mass is 278 g/mol. The minimum atomic E-state index is -0.318. The number of urea groups is 1. The molecule has 2 rings (SSSR count). The summed E-state index contributed by atoms with van der Waals surface area (Å²) in [6, 6.07) is 4.90. The summed E-state index contributed by atoms with van der Waals surface area (Å²) in [4.78, 5) is 28.0. The minimum absolute atomic E-state index is 0.0283. The molecule has 0 radical (unpaired) electrons. The summed E-state index contributed by atoms with van der Waals surface area (Å²) in [7, 11) is 1.66. The summed E-state index contributed by atoms with van der Waals surface area (Å²) in [6.45, 7) is 2.20. The molecule has 108 valence electrons. The highest BCUT2D eigenvalue weighted by atomic mass is 16.6. The van der Waals surface area contributed by atoms with Gasteiger partial charge in [0, 0.05) is 18.4 Å². The van der Waals surface area contributed by atoms with Gasteiger partial charge in [-0.15, -0.1) is 0 Å². The van der Waals surface area contributed by atoms with Gasteiger partial charge in [-0.3, -0.25) is 9.63 Å². The quantitative estimate of drug-likeness (QED) is 0.601. The first-order valence-electron chi connectivity index (χ1n) is 6.37. The molecule has 1 atom stereocenters. The highest BCUT2D eigenvalue weighted by Crippen LogP contribution is 2.26. The first kappa shape index (κ1) is 14.3. The molecule has 0 saturated carbocycles. The first-order chi connectivity index (χ1) is 9.58. The number of carbonyl (C=O) groups excluding carboxylic acids is 2. The Bertz CT molecular complexity index is 518. The molecule has 0 spiro atoms. The predicted octanol–water partition coefficient (Wildman–Crippen LogP) is 0.842. The normalized spacial score (nSPS) is 14.4. The van der Waals surface area contributed by atoms with Crippen LogP contribution in [0, 0.1) is 0 Å². The van der Waals surface area contributed by atoms with Gasteiger partial charge in [-0.05, 0) is 24.6 Å². The number of nitrogens with one attached hydrogen (secondary N) is 4. The predicted molar refractivity (Wildman–Crippen MR) is 75.4 cm³/mol. The highest BCUT2D eigenvalue weighted by molar-refractivity contribution is 6.00. The van der Waals surface area contributed by atoms with Crippen molar-refractivity contribution in [1.29, 1.82) is 0 Å². The molecule has 7 heteroatoms. The van der Waals surface area contributed by atoms with Gasteiger partial charge in [0.1, 0.15) is 0 Å². The Morgan fingerprint density at radius 3 is 3.05 bits per heavy atom. The SMILES string of the molecule is CNOCC(C)NC(=O)Nc1ccc2c(c1)NC(=O)C2. The molecule has 0 aromatic heterocycles. The zero-order valence-corrected chi connectivity index (χ0v) is 11.4. The number of hydrogen-bond acceptors (Lipinski definition) is 4. The second-order valence-corrected chi connectivity index (χ2v) is 4.61. The van der Waals surface area contributed by atoms with Crippen molar-refractivity contribution < 1.29 is 14.4 Å². The van der Waals surface area contributed by atoms with Crippen LogP contribution in [0.5, 0.6) is 0 Å². The van der Waals surface area contributed by atoms with Crippen LogP contribution in [-0.4, -0.2) is 31.6 Å². The highest BCUT2D eigenvalue weighted by Gasteiger charge is 2.18. The van der Waals surface area contributed by atoms with Crippen molar-refractivity contribution in [2.24, 2.45) is 0 Å². The van der Waals surface area contributed by atoms with E-state index in [1.165, 1.54) is 0 Å². The van der Waals surface area contributed by atoms with E-state index in [1.54, 1.807) is 19.2 Å². The van der Waals surface area contributed by atoms with E-state index in [0.29, 0.717) is 18.7 Å². The molecule has 1 heterocycles. The number of fused-ring (bicyclic) bond motifs is 1. The van der Waals surface area contributed by atoms with Crippen LogP contribution in [0.2, 0.25) is 0 Å². The average Bonchev–Trinajstić information content (AvgIpc) is 2.75. The largest absolute Gasteiger partial charge is 0.333 e. The van der Waals surface area contributed by atoms with Crippen LogP contribution in [-0.2, 0) is 16.1 Å². The van der Waals surface area contributed by atoms with Gasteiger partial charge < -0.3 is 16.0 Å². The summed E-state index contributed by atoms with van der Waals surface area (Å²) >= 11 is 0. The van der Waals surface area contributed by atoms with Gasteiger partial charge in [0.2, 0.25) is 5.91 Å². The fraction of sp³-hybridized carbons (Fsp3) is 0.385. The van der Waals surface area contributed by atoms with Crippen molar-refractivity contribution in [2.45, 2.75) is 19.4 Å². The number of amides is 3. The Morgan fingerprint density at radius 1 is 1.50 bits per heavy atom. The van der Waals surface area contributed by atoms with Gasteiger partial charge in [0.05, 0.1) is 19.1 Å². The van der Waals surface area contributed by atoms with Crippen LogP contribution in [0.4, 0.5) is 16.2 Å². The third-order valence-electron chi connectivity index (χ3n) is 2.85. The average molecular weight is 278 g/mol. The third kappa shape index (κ3) is 3.69. The van der Waals surface area contributed by atoms with E-state index in [2.05, 4.69) is 21.4 Å². The molecule has 0 bridgehead atoms. The van der Waals surface area contributed by atoms with Crippen molar-refractivity contribution >= 4 is 23.3 Å². The molecule has 0 aliphatic carbocycles. The summed E-state index contributed by atoms with van der Waals surface area (Å²) in [5.74, 6) is -0.0283. The number of carbonyl (C=O) groups is 2. The van der Waals surface area contributed by atoms with Crippen molar-refractivity contribution in [3.8, 4) is 0 Å². The molecule has 1 aliphatic rings. The molecule has 1 aliphatic heterocycles. The molecule has 0 saturated heterocycles. The van der Waals surface area contributed by atoms with Gasteiger partial charge >= 0.3 is 6.03 Å². The summed E-state index contributed by atoms with van der Waals surface area (Å²) in [6.07, 6.45) is 0.389. The molecule has 4 N–H and O–H groups in total. The number of benzene rings is 1. The van der Waals surface area contributed by atoms with Crippen molar-refractivity contribution in [1.82, 2.24) is 10.8 Å². The second kappa shape index (κ2) is 6.36.